The highest BCUT2D eigenvalue weighted by Crippen LogP contribution is 2.46. The van der Waals surface area contributed by atoms with E-state index in [2.05, 4.69) is 23.8 Å². The monoisotopic (exact) mass is 282 g/mol. The molecule has 0 atom stereocenters. The van der Waals surface area contributed by atoms with Gasteiger partial charge in [0.25, 0.3) is 0 Å². The van der Waals surface area contributed by atoms with Gasteiger partial charge in [-0.1, -0.05) is 13.8 Å². The van der Waals surface area contributed by atoms with E-state index >= 15 is 0 Å². The van der Waals surface area contributed by atoms with E-state index in [1.807, 2.05) is 19.3 Å². The van der Waals surface area contributed by atoms with Crippen LogP contribution in [-0.2, 0) is 16.2 Å². The highest BCUT2D eigenvalue weighted by atomic mass is 35.5. The largest absolute Gasteiger partial charge is 0.367 e. The molecule has 19 heavy (non-hydrogen) atoms. The van der Waals surface area contributed by atoms with Crippen LogP contribution in [0.1, 0.15) is 57.8 Å². The zero-order valence-electron chi connectivity index (χ0n) is 12.1. The highest BCUT2D eigenvalue weighted by Gasteiger charge is 2.42. The van der Waals surface area contributed by atoms with E-state index in [0.29, 0.717) is 17.9 Å². The van der Waals surface area contributed by atoms with Crippen LogP contribution >= 0.6 is 11.6 Å². The Balaban J connectivity index is 2.23. The maximum Gasteiger partial charge on any atom is 0.160 e. The van der Waals surface area contributed by atoms with Gasteiger partial charge in [0.15, 0.2) is 5.82 Å². The lowest BCUT2D eigenvalue weighted by Gasteiger charge is -2.42. The Labute approximate surface area is 120 Å². The molecule has 4 heteroatoms. The minimum atomic E-state index is -0.297. The number of hydrogen-bond acceptors (Lipinski definition) is 3. The van der Waals surface area contributed by atoms with Crippen molar-refractivity contribution in [2.75, 3.05) is 6.61 Å². The Morgan fingerprint density at radius 2 is 1.74 bits per heavy atom. The Bertz CT molecular complexity index is 407. The number of ether oxygens (including phenoxy) is 1. The van der Waals surface area contributed by atoms with Gasteiger partial charge in [0.05, 0.1) is 5.88 Å². The molecule has 1 saturated carbocycles. The standard InChI is InChI=1S/C15H23ClN2O/c1-4-19-15(7-5-14(2,3)6-8-15)13-17-10-12(9-16)11-18-13/h10-11H,4-9H2,1-3H3. The first-order chi connectivity index (χ1) is 9.01. The first-order valence-corrected chi connectivity index (χ1v) is 7.56. The van der Waals surface area contributed by atoms with E-state index in [0.717, 1.165) is 37.1 Å². The van der Waals surface area contributed by atoms with Crippen LogP contribution in [0.3, 0.4) is 0 Å². The molecule has 3 nitrogen and oxygen atoms in total. The molecule has 1 fully saturated rings. The molecule has 0 saturated heterocycles. The Hall–Kier alpha value is -0.670. The van der Waals surface area contributed by atoms with E-state index in [-0.39, 0.29) is 5.60 Å². The maximum atomic E-state index is 6.07. The van der Waals surface area contributed by atoms with E-state index in [9.17, 15) is 0 Å². The molecule has 106 valence electrons. The minimum absolute atomic E-state index is 0.297. The van der Waals surface area contributed by atoms with E-state index < -0.39 is 0 Å². The summed E-state index contributed by atoms with van der Waals surface area (Å²) in [6, 6.07) is 0. The fourth-order valence-corrected chi connectivity index (χ4v) is 2.84. The lowest BCUT2D eigenvalue weighted by Crippen LogP contribution is -2.38. The molecule has 0 aliphatic heterocycles. The fourth-order valence-electron chi connectivity index (χ4n) is 2.70. The molecule has 1 aromatic rings. The van der Waals surface area contributed by atoms with Gasteiger partial charge in [0, 0.05) is 24.6 Å². The van der Waals surface area contributed by atoms with Crippen molar-refractivity contribution in [3.8, 4) is 0 Å². The predicted molar refractivity (Wildman–Crippen MR) is 77.1 cm³/mol. The third-order valence-electron chi connectivity index (χ3n) is 4.10. The van der Waals surface area contributed by atoms with Crippen LogP contribution in [0.2, 0.25) is 0 Å². The van der Waals surface area contributed by atoms with Crippen molar-refractivity contribution in [1.29, 1.82) is 0 Å². The van der Waals surface area contributed by atoms with E-state index in [1.165, 1.54) is 0 Å². The predicted octanol–water partition coefficient (Wildman–Crippen LogP) is 4.05. The van der Waals surface area contributed by atoms with Crippen LogP contribution in [-0.4, -0.2) is 16.6 Å². The summed E-state index contributed by atoms with van der Waals surface area (Å²) in [4.78, 5) is 8.98. The van der Waals surface area contributed by atoms with Crippen LogP contribution in [0.4, 0.5) is 0 Å². The number of alkyl halides is 1. The van der Waals surface area contributed by atoms with Gasteiger partial charge < -0.3 is 4.74 Å². The van der Waals surface area contributed by atoms with Crippen molar-refractivity contribution in [1.82, 2.24) is 9.97 Å². The molecular formula is C15H23ClN2O. The third-order valence-corrected chi connectivity index (χ3v) is 4.41. The summed E-state index contributed by atoms with van der Waals surface area (Å²) in [5.41, 5.74) is 1.06. The molecule has 2 rings (SSSR count). The van der Waals surface area contributed by atoms with Crippen molar-refractivity contribution in [2.24, 2.45) is 5.41 Å². The molecule has 0 unspecified atom stereocenters. The second kappa shape index (κ2) is 5.76. The first-order valence-electron chi connectivity index (χ1n) is 7.03. The SMILES string of the molecule is CCOC1(c2ncc(CCl)cn2)CCC(C)(C)CC1. The molecular weight excluding hydrogens is 260 g/mol. The van der Waals surface area contributed by atoms with Crippen LogP contribution < -0.4 is 0 Å². The summed E-state index contributed by atoms with van der Waals surface area (Å²) >= 11 is 5.79. The number of halogens is 1. The van der Waals surface area contributed by atoms with E-state index in [1.54, 1.807) is 0 Å². The minimum Gasteiger partial charge on any atom is -0.367 e. The Kier molecular flexibility index (Phi) is 4.46. The molecule has 1 aromatic heterocycles. The summed E-state index contributed by atoms with van der Waals surface area (Å²) in [6.07, 6.45) is 7.91. The topological polar surface area (TPSA) is 35.0 Å². The van der Waals surface area contributed by atoms with Gasteiger partial charge in [-0.2, -0.15) is 0 Å². The van der Waals surface area contributed by atoms with Gasteiger partial charge >= 0.3 is 0 Å². The third kappa shape index (κ3) is 3.26. The van der Waals surface area contributed by atoms with Crippen LogP contribution in [0.5, 0.6) is 0 Å². The van der Waals surface area contributed by atoms with Gasteiger partial charge in [0.2, 0.25) is 0 Å². The number of rotatable bonds is 4. The van der Waals surface area contributed by atoms with Crippen molar-refractivity contribution in [2.45, 2.75) is 57.9 Å². The fraction of sp³-hybridized carbons (Fsp3) is 0.733. The van der Waals surface area contributed by atoms with Crippen molar-refractivity contribution < 1.29 is 4.74 Å². The average Bonchev–Trinajstić information content (AvgIpc) is 2.42. The van der Waals surface area contributed by atoms with Crippen LogP contribution in [0.25, 0.3) is 0 Å². The lowest BCUT2D eigenvalue weighted by molar-refractivity contribution is -0.0948. The highest BCUT2D eigenvalue weighted by molar-refractivity contribution is 6.17. The summed E-state index contributed by atoms with van der Waals surface area (Å²) in [5, 5.41) is 0. The van der Waals surface area contributed by atoms with Crippen LogP contribution in [0, 0.1) is 5.41 Å². The normalized spacial score (nSPS) is 21.3. The lowest BCUT2D eigenvalue weighted by atomic mass is 9.70. The van der Waals surface area contributed by atoms with Gasteiger partial charge in [-0.15, -0.1) is 11.6 Å². The summed E-state index contributed by atoms with van der Waals surface area (Å²) in [5.74, 6) is 1.27. The number of hydrogen-bond donors (Lipinski definition) is 0. The van der Waals surface area contributed by atoms with Crippen molar-refractivity contribution >= 4 is 11.6 Å². The van der Waals surface area contributed by atoms with Gasteiger partial charge in [-0.3, -0.25) is 0 Å². The maximum absolute atomic E-state index is 6.07. The summed E-state index contributed by atoms with van der Waals surface area (Å²) < 4.78 is 6.07. The molecule has 0 aromatic carbocycles. The number of aromatic nitrogens is 2. The first kappa shape index (κ1) is 14.7. The van der Waals surface area contributed by atoms with Crippen LogP contribution in [0.15, 0.2) is 12.4 Å². The van der Waals surface area contributed by atoms with Crippen molar-refractivity contribution in [3.63, 3.8) is 0 Å². The van der Waals surface area contributed by atoms with Gasteiger partial charge in [-0.25, -0.2) is 9.97 Å². The number of nitrogens with zero attached hydrogens (tertiary/aromatic N) is 2. The second-order valence-electron chi connectivity index (χ2n) is 6.14. The van der Waals surface area contributed by atoms with Gasteiger partial charge in [0.1, 0.15) is 5.60 Å². The zero-order valence-corrected chi connectivity index (χ0v) is 12.8. The molecule has 0 bridgehead atoms. The molecule has 0 amide bonds. The molecule has 0 spiro atoms. The Morgan fingerprint density at radius 1 is 1.16 bits per heavy atom. The Morgan fingerprint density at radius 3 is 2.21 bits per heavy atom. The molecule has 0 radical (unpaired) electrons. The molecule has 0 N–H and O–H groups in total. The summed E-state index contributed by atoms with van der Waals surface area (Å²) in [6.45, 7) is 7.37. The molecule has 1 heterocycles. The average molecular weight is 283 g/mol. The molecule has 1 aliphatic rings. The second-order valence-corrected chi connectivity index (χ2v) is 6.41. The quantitative estimate of drug-likeness (QED) is 0.782. The van der Waals surface area contributed by atoms with Gasteiger partial charge in [-0.05, 0) is 38.0 Å². The zero-order chi connectivity index (χ0) is 13.9. The summed E-state index contributed by atoms with van der Waals surface area (Å²) in [7, 11) is 0. The van der Waals surface area contributed by atoms with E-state index in [4.69, 9.17) is 16.3 Å². The van der Waals surface area contributed by atoms with Crippen molar-refractivity contribution in [3.05, 3.63) is 23.8 Å². The molecule has 1 aliphatic carbocycles. The smallest absolute Gasteiger partial charge is 0.160 e.